The Balaban J connectivity index is 1.40. The molecule has 1 fully saturated rings. The zero-order valence-electron chi connectivity index (χ0n) is 17.9. The quantitative estimate of drug-likeness (QED) is 0.666. The minimum Gasteiger partial charge on any atom is -0.339 e. The number of H-pyrrole nitrogens is 1. The molecule has 0 saturated carbocycles. The smallest absolute Gasteiger partial charge is 0.258 e. The van der Waals surface area contributed by atoms with Crippen molar-refractivity contribution in [2.45, 2.75) is 26.3 Å². The summed E-state index contributed by atoms with van der Waals surface area (Å²) in [6.07, 6.45) is 1.12. The summed E-state index contributed by atoms with van der Waals surface area (Å²) in [5, 5.41) is 0.517. The number of aromatic amines is 1. The van der Waals surface area contributed by atoms with Crippen LogP contribution in [0.4, 0.5) is 4.39 Å². The van der Waals surface area contributed by atoms with Gasteiger partial charge in [0, 0.05) is 31.1 Å². The molecule has 2 aromatic carbocycles. The number of rotatable bonds is 5. The van der Waals surface area contributed by atoms with Crippen LogP contribution in [-0.2, 0) is 11.3 Å². The fourth-order valence-electron chi connectivity index (χ4n) is 4.10. The van der Waals surface area contributed by atoms with Gasteiger partial charge in [-0.2, -0.15) is 0 Å². The van der Waals surface area contributed by atoms with Gasteiger partial charge in [0.25, 0.3) is 11.5 Å². The van der Waals surface area contributed by atoms with Crippen LogP contribution in [0.5, 0.6) is 0 Å². The van der Waals surface area contributed by atoms with Gasteiger partial charge in [0.15, 0.2) is 0 Å². The van der Waals surface area contributed by atoms with Gasteiger partial charge in [-0.05, 0) is 56.2 Å². The normalized spacial score (nSPS) is 14.5. The van der Waals surface area contributed by atoms with Crippen LogP contribution in [-0.4, -0.2) is 51.2 Å². The van der Waals surface area contributed by atoms with Crippen LogP contribution < -0.4 is 5.56 Å². The van der Waals surface area contributed by atoms with Crippen molar-refractivity contribution < 1.29 is 14.0 Å². The number of carbonyl (C=O) groups excluding carboxylic acids is 2. The first-order valence-corrected chi connectivity index (χ1v) is 10.8. The molecule has 3 aromatic rings. The number of para-hydroxylation sites is 1. The van der Waals surface area contributed by atoms with Crippen molar-refractivity contribution in [1.82, 2.24) is 19.8 Å². The predicted molar refractivity (Wildman–Crippen MR) is 118 cm³/mol. The second-order valence-electron chi connectivity index (χ2n) is 7.96. The lowest BCUT2D eigenvalue weighted by Crippen LogP contribution is -2.44. The van der Waals surface area contributed by atoms with Crippen LogP contribution in [0.15, 0.2) is 53.3 Å². The second-order valence-corrected chi connectivity index (χ2v) is 7.96. The molecule has 4 rings (SSSR count). The molecule has 0 radical (unpaired) electrons. The van der Waals surface area contributed by atoms with E-state index in [0.717, 1.165) is 0 Å². The molecule has 0 spiro atoms. The van der Waals surface area contributed by atoms with E-state index < -0.39 is 0 Å². The summed E-state index contributed by atoms with van der Waals surface area (Å²) >= 11 is 0. The van der Waals surface area contributed by atoms with Crippen LogP contribution in [0.3, 0.4) is 0 Å². The molecule has 0 atom stereocenters. The largest absolute Gasteiger partial charge is 0.339 e. The molecule has 8 heteroatoms. The van der Waals surface area contributed by atoms with Crippen molar-refractivity contribution in [3.8, 4) is 0 Å². The summed E-state index contributed by atoms with van der Waals surface area (Å²) in [5.74, 6) is -0.279. The maximum atomic E-state index is 13.1. The highest BCUT2D eigenvalue weighted by molar-refractivity contribution is 5.94. The van der Waals surface area contributed by atoms with Crippen LogP contribution in [0.1, 0.15) is 35.9 Å². The third kappa shape index (κ3) is 4.54. The summed E-state index contributed by atoms with van der Waals surface area (Å²) < 4.78 is 13.1. The molecular weight excluding hydrogens is 411 g/mol. The summed E-state index contributed by atoms with van der Waals surface area (Å²) in [4.78, 5) is 48.7. The van der Waals surface area contributed by atoms with Crippen molar-refractivity contribution in [3.05, 3.63) is 76.1 Å². The van der Waals surface area contributed by atoms with Gasteiger partial charge in [-0.15, -0.1) is 0 Å². The molecule has 0 unspecified atom stereocenters. The molecule has 1 aliphatic heterocycles. The number of carbonyl (C=O) groups is 2. The van der Waals surface area contributed by atoms with Crippen molar-refractivity contribution in [1.29, 1.82) is 0 Å². The summed E-state index contributed by atoms with van der Waals surface area (Å²) in [7, 11) is 0. The van der Waals surface area contributed by atoms with E-state index in [1.165, 1.54) is 24.3 Å². The number of amides is 2. The molecular formula is C24H25FN4O3. The van der Waals surface area contributed by atoms with E-state index in [4.69, 9.17) is 0 Å². The Morgan fingerprint density at radius 3 is 2.50 bits per heavy atom. The highest BCUT2D eigenvalue weighted by atomic mass is 19.1. The van der Waals surface area contributed by atoms with Crippen molar-refractivity contribution in [2.75, 3.05) is 19.6 Å². The monoisotopic (exact) mass is 436 g/mol. The third-order valence-electron chi connectivity index (χ3n) is 5.92. The van der Waals surface area contributed by atoms with E-state index in [2.05, 4.69) is 9.97 Å². The Morgan fingerprint density at radius 2 is 1.81 bits per heavy atom. The van der Waals surface area contributed by atoms with Gasteiger partial charge in [0.05, 0.1) is 17.4 Å². The molecule has 1 aromatic heterocycles. The third-order valence-corrected chi connectivity index (χ3v) is 5.92. The van der Waals surface area contributed by atoms with Crippen molar-refractivity contribution in [2.24, 2.45) is 5.92 Å². The topological polar surface area (TPSA) is 86.4 Å². The Bertz CT molecular complexity index is 1180. The highest BCUT2D eigenvalue weighted by Gasteiger charge is 2.30. The van der Waals surface area contributed by atoms with Crippen molar-refractivity contribution in [3.63, 3.8) is 0 Å². The fourth-order valence-corrected chi connectivity index (χ4v) is 4.10. The maximum Gasteiger partial charge on any atom is 0.258 e. The lowest BCUT2D eigenvalue weighted by Gasteiger charge is -2.34. The SMILES string of the molecule is CCN(Cc1nc2ccccc2c(=O)[nH]1)C(=O)C1CCN(C(=O)c2ccc(F)cc2)CC1. The van der Waals surface area contributed by atoms with Gasteiger partial charge < -0.3 is 14.8 Å². The van der Waals surface area contributed by atoms with E-state index in [1.807, 2.05) is 13.0 Å². The summed E-state index contributed by atoms with van der Waals surface area (Å²) in [6, 6.07) is 12.6. The number of aromatic nitrogens is 2. The molecule has 32 heavy (non-hydrogen) atoms. The molecule has 2 amide bonds. The Kier molecular flexibility index (Phi) is 6.30. The molecule has 7 nitrogen and oxygen atoms in total. The van der Waals surface area contributed by atoms with Crippen LogP contribution >= 0.6 is 0 Å². The van der Waals surface area contributed by atoms with Gasteiger partial charge in [-0.1, -0.05) is 12.1 Å². The van der Waals surface area contributed by atoms with Crippen LogP contribution in [0, 0.1) is 11.7 Å². The number of benzene rings is 2. The maximum absolute atomic E-state index is 13.1. The zero-order valence-corrected chi connectivity index (χ0v) is 17.9. The number of piperidine rings is 1. The number of nitrogens with zero attached hydrogens (tertiary/aromatic N) is 3. The molecule has 0 bridgehead atoms. The summed E-state index contributed by atoms with van der Waals surface area (Å²) in [5.41, 5.74) is 0.821. The van der Waals surface area contributed by atoms with Gasteiger partial charge in [0.1, 0.15) is 11.6 Å². The molecule has 1 N–H and O–H groups in total. The highest BCUT2D eigenvalue weighted by Crippen LogP contribution is 2.22. The first-order chi connectivity index (χ1) is 15.5. The van der Waals surface area contributed by atoms with E-state index >= 15 is 0 Å². The van der Waals surface area contributed by atoms with Gasteiger partial charge in [-0.3, -0.25) is 14.4 Å². The standard InChI is InChI=1S/C24H25FN4O3/c1-2-28(15-21-26-20-6-4-3-5-19(20)22(30)27-21)23(31)17-11-13-29(14-12-17)24(32)16-7-9-18(25)10-8-16/h3-10,17H,2,11-15H2,1H3,(H,26,27,30). The molecule has 0 aliphatic carbocycles. The predicted octanol–water partition coefficient (Wildman–Crippen LogP) is 2.96. The van der Waals surface area contributed by atoms with Gasteiger partial charge in [-0.25, -0.2) is 9.37 Å². The number of halogens is 1. The number of likely N-dealkylation sites (tertiary alicyclic amines) is 1. The summed E-state index contributed by atoms with van der Waals surface area (Å²) in [6.45, 7) is 3.54. The molecule has 166 valence electrons. The van der Waals surface area contributed by atoms with E-state index in [-0.39, 0.29) is 35.7 Å². The number of hydrogen-bond donors (Lipinski definition) is 1. The van der Waals surface area contributed by atoms with Crippen LogP contribution in [0.2, 0.25) is 0 Å². The fraction of sp³-hybridized carbons (Fsp3) is 0.333. The molecule has 1 saturated heterocycles. The molecule has 2 heterocycles. The minimum absolute atomic E-state index is 0.00260. The average molecular weight is 436 g/mol. The Labute approximate surface area is 184 Å². The van der Waals surface area contributed by atoms with Crippen LogP contribution in [0.25, 0.3) is 10.9 Å². The molecule has 1 aliphatic rings. The van der Waals surface area contributed by atoms with Crippen molar-refractivity contribution >= 4 is 22.7 Å². The second kappa shape index (κ2) is 9.30. The number of nitrogens with one attached hydrogen (secondary N) is 1. The van der Waals surface area contributed by atoms with Gasteiger partial charge >= 0.3 is 0 Å². The lowest BCUT2D eigenvalue weighted by atomic mass is 9.94. The first-order valence-electron chi connectivity index (χ1n) is 10.8. The average Bonchev–Trinajstić information content (AvgIpc) is 2.82. The first kappa shape index (κ1) is 21.7. The van der Waals surface area contributed by atoms with Gasteiger partial charge in [0.2, 0.25) is 5.91 Å². The zero-order chi connectivity index (χ0) is 22.7. The van der Waals surface area contributed by atoms with E-state index in [0.29, 0.717) is 54.8 Å². The van der Waals surface area contributed by atoms with E-state index in [1.54, 1.807) is 28.0 Å². The lowest BCUT2D eigenvalue weighted by molar-refractivity contribution is -0.137. The number of fused-ring (bicyclic) bond motifs is 1. The Morgan fingerprint density at radius 1 is 1.12 bits per heavy atom. The minimum atomic E-state index is -0.382. The Hall–Kier alpha value is -3.55. The number of hydrogen-bond acceptors (Lipinski definition) is 4. The van der Waals surface area contributed by atoms with E-state index in [9.17, 15) is 18.8 Å².